The third-order valence-electron chi connectivity index (χ3n) is 3.53. The molecule has 1 aliphatic carbocycles. The van der Waals surface area contributed by atoms with Crippen LogP contribution in [0.3, 0.4) is 0 Å². The van der Waals surface area contributed by atoms with E-state index in [4.69, 9.17) is 23.2 Å². The van der Waals surface area contributed by atoms with Crippen LogP contribution in [0.5, 0.6) is 0 Å². The number of hydrogen-bond acceptors (Lipinski definition) is 5. The molecule has 2 aromatic rings. The Morgan fingerprint density at radius 3 is 2.86 bits per heavy atom. The van der Waals surface area contributed by atoms with Crippen LogP contribution in [0.25, 0.3) is 11.3 Å². The van der Waals surface area contributed by atoms with E-state index in [0.29, 0.717) is 27.9 Å². The van der Waals surface area contributed by atoms with Gasteiger partial charge in [0.1, 0.15) is 0 Å². The second kappa shape index (κ2) is 5.82. The fraction of sp³-hybridized carbons (Fsp3) is 0.200. The van der Waals surface area contributed by atoms with Crippen LogP contribution in [0.15, 0.2) is 47.3 Å². The molecule has 0 radical (unpaired) electrons. The van der Waals surface area contributed by atoms with Crippen molar-refractivity contribution >= 4 is 17.3 Å². The van der Waals surface area contributed by atoms with Gasteiger partial charge in [0.25, 0.3) is 5.56 Å². The third kappa shape index (κ3) is 3.13. The molecule has 114 valence electrons. The molecular weight excluding hydrogens is 302 g/mol. The largest absolute Gasteiger partial charge is 0.401 e. The summed E-state index contributed by atoms with van der Waals surface area (Å²) in [6.45, 7) is 0. The molecule has 0 bridgehead atoms. The molecule has 0 amide bonds. The Morgan fingerprint density at radius 2 is 2.18 bits per heavy atom. The first kappa shape index (κ1) is 14.6. The monoisotopic (exact) mass is 317 g/mol. The summed E-state index contributed by atoms with van der Waals surface area (Å²) in [5.41, 5.74) is 8.35. The minimum absolute atomic E-state index is 0.243. The molecule has 0 aliphatic heterocycles. The number of nitrogens with one attached hydrogen (secondary N) is 1. The van der Waals surface area contributed by atoms with Gasteiger partial charge in [-0.15, -0.1) is 0 Å². The zero-order chi connectivity index (χ0) is 15.7. The molecule has 1 heterocycles. The second-order valence-corrected chi connectivity index (χ2v) is 5.70. The van der Waals surface area contributed by atoms with Crippen molar-refractivity contribution in [3.63, 3.8) is 0 Å². The number of hydrazine groups is 1. The maximum Gasteiger partial charge on any atom is 0.251 e. The first-order chi connectivity index (χ1) is 10.5. The molecule has 0 unspecified atom stereocenters. The second-order valence-electron chi connectivity index (χ2n) is 5.27. The van der Waals surface area contributed by atoms with Crippen molar-refractivity contribution in [2.24, 2.45) is 17.5 Å². The van der Waals surface area contributed by atoms with Crippen molar-refractivity contribution in [1.82, 2.24) is 9.97 Å². The summed E-state index contributed by atoms with van der Waals surface area (Å²) in [5.74, 6) is 6.52. The van der Waals surface area contributed by atoms with E-state index in [1.807, 2.05) is 0 Å². The Balaban J connectivity index is 2.04. The highest BCUT2D eigenvalue weighted by atomic mass is 35.5. The lowest BCUT2D eigenvalue weighted by molar-refractivity contribution is 0.939. The number of rotatable bonds is 4. The SMILES string of the molecule is N/C(=C\N(N)c1ccc(Cl)cc1-c1cc(=O)[nH]cn1)C1CC1. The van der Waals surface area contributed by atoms with E-state index in [1.54, 1.807) is 24.4 Å². The van der Waals surface area contributed by atoms with Crippen molar-refractivity contribution in [2.45, 2.75) is 12.8 Å². The zero-order valence-electron chi connectivity index (χ0n) is 11.8. The molecule has 1 fully saturated rings. The Hall–Kier alpha value is -2.31. The lowest BCUT2D eigenvalue weighted by atomic mass is 10.1. The van der Waals surface area contributed by atoms with Gasteiger partial charge in [-0.3, -0.25) is 9.80 Å². The van der Waals surface area contributed by atoms with E-state index in [2.05, 4.69) is 9.97 Å². The molecule has 1 aromatic heterocycles. The summed E-state index contributed by atoms with van der Waals surface area (Å²) in [5, 5.41) is 1.98. The van der Waals surface area contributed by atoms with E-state index < -0.39 is 0 Å². The van der Waals surface area contributed by atoms with E-state index in [9.17, 15) is 4.79 Å². The Kier molecular flexibility index (Phi) is 3.87. The lowest BCUT2D eigenvalue weighted by Gasteiger charge is -2.19. The summed E-state index contributed by atoms with van der Waals surface area (Å²) >= 11 is 6.06. The molecule has 22 heavy (non-hydrogen) atoms. The normalized spacial score (nSPS) is 14.9. The molecule has 3 rings (SSSR count). The first-order valence-corrected chi connectivity index (χ1v) is 7.28. The summed E-state index contributed by atoms with van der Waals surface area (Å²) < 4.78 is 0. The van der Waals surface area contributed by atoms with Crippen LogP contribution in [0.1, 0.15) is 12.8 Å². The topological polar surface area (TPSA) is 101 Å². The molecule has 1 aliphatic rings. The molecule has 5 N–H and O–H groups in total. The third-order valence-corrected chi connectivity index (χ3v) is 3.76. The molecule has 0 saturated heterocycles. The van der Waals surface area contributed by atoms with Crippen molar-refractivity contribution in [3.8, 4) is 11.3 Å². The van der Waals surface area contributed by atoms with Gasteiger partial charge in [0.15, 0.2) is 0 Å². The van der Waals surface area contributed by atoms with E-state index >= 15 is 0 Å². The van der Waals surface area contributed by atoms with Crippen molar-refractivity contribution in [2.75, 3.05) is 5.01 Å². The fourth-order valence-electron chi connectivity index (χ4n) is 2.21. The van der Waals surface area contributed by atoms with Crippen LogP contribution >= 0.6 is 11.6 Å². The van der Waals surface area contributed by atoms with E-state index in [-0.39, 0.29) is 5.56 Å². The Bertz CT molecular complexity index is 781. The van der Waals surface area contributed by atoms with Gasteiger partial charge in [0.05, 0.1) is 17.7 Å². The van der Waals surface area contributed by atoms with Crippen LogP contribution in [0, 0.1) is 5.92 Å². The average Bonchev–Trinajstić information content (AvgIpc) is 3.31. The number of anilines is 1. The van der Waals surface area contributed by atoms with Gasteiger partial charge >= 0.3 is 0 Å². The summed E-state index contributed by atoms with van der Waals surface area (Å²) in [6, 6.07) is 6.63. The van der Waals surface area contributed by atoms with Gasteiger partial charge in [0, 0.05) is 34.5 Å². The number of aromatic amines is 1. The van der Waals surface area contributed by atoms with Crippen molar-refractivity contribution < 1.29 is 0 Å². The number of halogens is 1. The van der Waals surface area contributed by atoms with Gasteiger partial charge < -0.3 is 10.7 Å². The highest BCUT2D eigenvalue weighted by Crippen LogP contribution is 2.35. The number of aromatic nitrogens is 2. The average molecular weight is 318 g/mol. The van der Waals surface area contributed by atoms with Gasteiger partial charge in [-0.05, 0) is 31.0 Å². The maximum absolute atomic E-state index is 11.5. The highest BCUT2D eigenvalue weighted by molar-refractivity contribution is 6.31. The zero-order valence-corrected chi connectivity index (χ0v) is 12.5. The summed E-state index contributed by atoms with van der Waals surface area (Å²) in [7, 11) is 0. The van der Waals surface area contributed by atoms with Gasteiger partial charge in [-0.1, -0.05) is 11.6 Å². The first-order valence-electron chi connectivity index (χ1n) is 6.90. The number of benzene rings is 1. The van der Waals surface area contributed by atoms with Crippen LogP contribution in [0.4, 0.5) is 5.69 Å². The molecule has 0 spiro atoms. The number of nitrogens with two attached hydrogens (primary N) is 2. The van der Waals surface area contributed by atoms with Crippen LogP contribution in [0.2, 0.25) is 5.02 Å². The quantitative estimate of drug-likeness (QED) is 0.591. The molecule has 1 saturated carbocycles. The maximum atomic E-state index is 11.5. The highest BCUT2D eigenvalue weighted by Gasteiger charge is 2.24. The molecule has 1 aromatic carbocycles. The lowest BCUT2D eigenvalue weighted by Crippen LogP contribution is -2.27. The van der Waals surface area contributed by atoms with Crippen LogP contribution in [-0.2, 0) is 0 Å². The standard InChI is InChI=1S/C15H16ClN5O/c16-10-3-4-14(21(18)7-12(17)9-1-2-9)11(5-10)13-6-15(22)20-8-19-13/h3-9H,1-2,17-18H2,(H,19,20,22)/b12-7-. The Labute approximate surface area is 132 Å². The van der Waals surface area contributed by atoms with Crippen molar-refractivity contribution in [1.29, 1.82) is 0 Å². The molecule has 0 atom stereocenters. The number of nitrogens with zero attached hydrogens (tertiary/aromatic N) is 2. The predicted molar refractivity (Wildman–Crippen MR) is 87.0 cm³/mol. The number of H-pyrrole nitrogens is 1. The van der Waals surface area contributed by atoms with Gasteiger partial charge in [-0.25, -0.2) is 10.8 Å². The van der Waals surface area contributed by atoms with Gasteiger partial charge in [-0.2, -0.15) is 0 Å². The number of allylic oxidation sites excluding steroid dienone is 1. The Morgan fingerprint density at radius 1 is 1.41 bits per heavy atom. The predicted octanol–water partition coefficient (Wildman–Crippen LogP) is 1.98. The smallest absolute Gasteiger partial charge is 0.251 e. The number of hydrogen-bond donors (Lipinski definition) is 3. The minimum atomic E-state index is -0.243. The van der Waals surface area contributed by atoms with E-state index in [1.165, 1.54) is 17.4 Å². The molecular formula is C15H16ClN5O. The van der Waals surface area contributed by atoms with E-state index in [0.717, 1.165) is 18.5 Å². The van der Waals surface area contributed by atoms with Crippen molar-refractivity contribution in [3.05, 3.63) is 57.9 Å². The van der Waals surface area contributed by atoms with Crippen LogP contribution in [-0.4, -0.2) is 9.97 Å². The minimum Gasteiger partial charge on any atom is -0.401 e. The van der Waals surface area contributed by atoms with Gasteiger partial charge in [0.2, 0.25) is 0 Å². The summed E-state index contributed by atoms with van der Waals surface area (Å²) in [6.07, 6.45) is 5.24. The molecule has 6 nitrogen and oxygen atoms in total. The molecule has 7 heteroatoms. The fourth-order valence-corrected chi connectivity index (χ4v) is 2.38. The summed E-state index contributed by atoms with van der Waals surface area (Å²) in [4.78, 5) is 18.2. The van der Waals surface area contributed by atoms with Crippen LogP contribution < -0.4 is 22.1 Å².